The summed E-state index contributed by atoms with van der Waals surface area (Å²) in [7, 11) is 3.96. The Hall–Kier alpha value is -1.06. The van der Waals surface area contributed by atoms with Crippen molar-refractivity contribution in [3.8, 4) is 5.75 Å². The predicted molar refractivity (Wildman–Crippen MR) is 79.4 cm³/mol. The molecule has 0 bridgehead atoms. The Morgan fingerprint density at radius 2 is 1.84 bits per heavy atom. The maximum atomic E-state index is 5.99. The van der Waals surface area contributed by atoms with E-state index in [9.17, 15) is 0 Å². The molecule has 0 aliphatic heterocycles. The summed E-state index contributed by atoms with van der Waals surface area (Å²) < 4.78 is 5.47. The van der Waals surface area contributed by atoms with Gasteiger partial charge in [0.25, 0.3) is 0 Å². The molecule has 0 aromatic heterocycles. The third-order valence-electron chi connectivity index (χ3n) is 4.52. The van der Waals surface area contributed by atoms with Crippen LogP contribution in [0.4, 0.5) is 0 Å². The number of ether oxygens (including phenoxy) is 1. The van der Waals surface area contributed by atoms with Gasteiger partial charge in [0.2, 0.25) is 0 Å². The second kappa shape index (κ2) is 6.40. The number of benzene rings is 1. The highest BCUT2D eigenvalue weighted by Gasteiger charge is 2.26. The molecule has 0 spiro atoms. The summed E-state index contributed by atoms with van der Waals surface area (Å²) in [5.74, 6) is 0.981. The molecule has 0 heterocycles. The first-order valence-corrected chi connectivity index (χ1v) is 7.24. The van der Waals surface area contributed by atoms with Crippen molar-refractivity contribution in [2.45, 2.75) is 50.7 Å². The quantitative estimate of drug-likeness (QED) is 0.906. The maximum absolute atomic E-state index is 5.99. The van der Waals surface area contributed by atoms with Crippen molar-refractivity contribution >= 4 is 0 Å². The summed E-state index contributed by atoms with van der Waals surface area (Å²) in [4.78, 5) is 2.48. The molecule has 1 atom stereocenters. The first-order chi connectivity index (χ1) is 9.13. The normalized spacial score (nSPS) is 25.3. The van der Waals surface area contributed by atoms with Crippen molar-refractivity contribution in [3.63, 3.8) is 0 Å². The lowest BCUT2D eigenvalue weighted by Crippen LogP contribution is -2.39. The summed E-state index contributed by atoms with van der Waals surface area (Å²) in [5.41, 5.74) is 7.26. The lowest BCUT2D eigenvalue weighted by Gasteiger charge is -2.37. The summed E-state index contributed by atoms with van der Waals surface area (Å²) in [6.07, 6.45) is 4.70. The highest BCUT2D eigenvalue weighted by molar-refractivity contribution is 5.35. The zero-order valence-electron chi connectivity index (χ0n) is 12.3. The van der Waals surface area contributed by atoms with Crippen LogP contribution in [0.15, 0.2) is 24.3 Å². The maximum Gasteiger partial charge on any atom is 0.123 e. The highest BCUT2D eigenvalue weighted by Crippen LogP contribution is 2.32. The molecular formula is C16H26N2O. The first kappa shape index (κ1) is 14.4. The van der Waals surface area contributed by atoms with Crippen molar-refractivity contribution in [2.75, 3.05) is 14.2 Å². The van der Waals surface area contributed by atoms with Gasteiger partial charge in [-0.1, -0.05) is 18.2 Å². The number of hydrogen-bond donors (Lipinski definition) is 1. The molecule has 1 aromatic rings. The molecule has 19 heavy (non-hydrogen) atoms. The second-order valence-corrected chi connectivity index (χ2v) is 5.65. The molecule has 1 aliphatic rings. The fourth-order valence-electron chi connectivity index (χ4n) is 3.06. The van der Waals surface area contributed by atoms with E-state index < -0.39 is 0 Å². The molecule has 0 radical (unpaired) electrons. The van der Waals surface area contributed by atoms with E-state index in [0.29, 0.717) is 18.1 Å². The Morgan fingerprint density at radius 3 is 2.47 bits per heavy atom. The zero-order chi connectivity index (χ0) is 13.8. The van der Waals surface area contributed by atoms with E-state index in [1.165, 1.54) is 18.4 Å². The molecule has 2 rings (SSSR count). The molecule has 1 aromatic carbocycles. The predicted octanol–water partition coefficient (Wildman–Crippen LogP) is 2.96. The number of rotatable bonds is 4. The minimum atomic E-state index is 0.371. The van der Waals surface area contributed by atoms with E-state index in [1.54, 1.807) is 7.11 Å². The average molecular weight is 262 g/mol. The van der Waals surface area contributed by atoms with Crippen LogP contribution < -0.4 is 10.5 Å². The Morgan fingerprint density at radius 1 is 1.21 bits per heavy atom. The van der Waals surface area contributed by atoms with Crippen LogP contribution >= 0.6 is 0 Å². The van der Waals surface area contributed by atoms with Crippen LogP contribution in [0, 0.1) is 0 Å². The Labute approximate surface area is 116 Å². The van der Waals surface area contributed by atoms with Crippen LogP contribution in [-0.2, 0) is 0 Å². The number of hydrogen-bond acceptors (Lipinski definition) is 3. The molecule has 106 valence electrons. The number of nitrogens with zero attached hydrogens (tertiary/aromatic N) is 1. The molecule has 0 saturated heterocycles. The number of methoxy groups -OCH3 is 1. The number of nitrogens with two attached hydrogens (primary N) is 1. The summed E-state index contributed by atoms with van der Waals surface area (Å²) in [6.45, 7) is 2.26. The summed E-state index contributed by atoms with van der Waals surface area (Å²) >= 11 is 0. The third kappa shape index (κ3) is 3.28. The topological polar surface area (TPSA) is 38.5 Å². The lowest BCUT2D eigenvalue weighted by molar-refractivity contribution is 0.139. The standard InChI is InChI=1S/C16H26N2O/c1-12(15-6-4-5-7-16(15)19-3)18(2)14-10-8-13(17)9-11-14/h4-7,12-14H,8-11,17H2,1-3H3. The number of para-hydroxylation sites is 1. The van der Waals surface area contributed by atoms with E-state index in [-0.39, 0.29) is 0 Å². The SMILES string of the molecule is COc1ccccc1C(C)N(C)C1CCC(N)CC1. The van der Waals surface area contributed by atoms with Crippen LogP contribution in [0.25, 0.3) is 0 Å². The van der Waals surface area contributed by atoms with Gasteiger partial charge in [0, 0.05) is 23.7 Å². The highest BCUT2D eigenvalue weighted by atomic mass is 16.5. The van der Waals surface area contributed by atoms with Crippen LogP contribution in [0.3, 0.4) is 0 Å². The molecule has 2 N–H and O–H groups in total. The Kier molecular flexibility index (Phi) is 4.83. The fourth-order valence-corrected chi connectivity index (χ4v) is 3.06. The average Bonchev–Trinajstić information content (AvgIpc) is 2.46. The molecule has 1 fully saturated rings. The van der Waals surface area contributed by atoms with E-state index in [0.717, 1.165) is 18.6 Å². The van der Waals surface area contributed by atoms with E-state index in [2.05, 4.69) is 31.0 Å². The van der Waals surface area contributed by atoms with Gasteiger partial charge in [-0.05, 0) is 45.7 Å². The van der Waals surface area contributed by atoms with Gasteiger partial charge in [-0.3, -0.25) is 4.90 Å². The fraction of sp³-hybridized carbons (Fsp3) is 0.625. The minimum Gasteiger partial charge on any atom is -0.496 e. The molecule has 1 unspecified atom stereocenters. The van der Waals surface area contributed by atoms with Gasteiger partial charge >= 0.3 is 0 Å². The van der Waals surface area contributed by atoms with E-state index in [4.69, 9.17) is 10.5 Å². The van der Waals surface area contributed by atoms with Gasteiger partial charge in [-0.25, -0.2) is 0 Å². The molecule has 0 amide bonds. The molecule has 1 saturated carbocycles. The Bertz CT molecular complexity index is 399. The summed E-state index contributed by atoms with van der Waals surface area (Å²) in [5, 5.41) is 0. The molecule has 3 nitrogen and oxygen atoms in total. The van der Waals surface area contributed by atoms with Crippen molar-refractivity contribution in [2.24, 2.45) is 5.73 Å². The van der Waals surface area contributed by atoms with E-state index in [1.807, 2.05) is 12.1 Å². The van der Waals surface area contributed by atoms with Crippen molar-refractivity contribution < 1.29 is 4.74 Å². The van der Waals surface area contributed by atoms with Crippen molar-refractivity contribution in [3.05, 3.63) is 29.8 Å². The van der Waals surface area contributed by atoms with Gasteiger partial charge in [-0.15, -0.1) is 0 Å². The van der Waals surface area contributed by atoms with Crippen molar-refractivity contribution in [1.29, 1.82) is 0 Å². The zero-order valence-corrected chi connectivity index (χ0v) is 12.3. The monoisotopic (exact) mass is 262 g/mol. The van der Waals surface area contributed by atoms with Crippen molar-refractivity contribution in [1.82, 2.24) is 4.90 Å². The first-order valence-electron chi connectivity index (χ1n) is 7.24. The molecule has 3 heteroatoms. The molecule has 1 aliphatic carbocycles. The van der Waals surface area contributed by atoms with Gasteiger partial charge in [0.15, 0.2) is 0 Å². The van der Waals surface area contributed by atoms with Gasteiger partial charge in [0.1, 0.15) is 5.75 Å². The third-order valence-corrected chi connectivity index (χ3v) is 4.52. The second-order valence-electron chi connectivity index (χ2n) is 5.65. The van der Waals surface area contributed by atoms with Crippen LogP contribution in [0.2, 0.25) is 0 Å². The van der Waals surface area contributed by atoms with Crippen LogP contribution in [-0.4, -0.2) is 31.1 Å². The van der Waals surface area contributed by atoms with Crippen LogP contribution in [0.5, 0.6) is 5.75 Å². The lowest BCUT2D eigenvalue weighted by atomic mass is 9.89. The van der Waals surface area contributed by atoms with Gasteiger partial charge in [0.05, 0.1) is 7.11 Å². The smallest absolute Gasteiger partial charge is 0.123 e. The largest absolute Gasteiger partial charge is 0.496 e. The summed E-state index contributed by atoms with van der Waals surface area (Å²) in [6, 6.07) is 9.72. The Balaban J connectivity index is 2.08. The van der Waals surface area contributed by atoms with E-state index >= 15 is 0 Å². The minimum absolute atomic E-state index is 0.371. The molecular weight excluding hydrogens is 236 g/mol. The van der Waals surface area contributed by atoms with Gasteiger partial charge in [-0.2, -0.15) is 0 Å². The van der Waals surface area contributed by atoms with Crippen LogP contribution in [0.1, 0.15) is 44.2 Å². The van der Waals surface area contributed by atoms with Gasteiger partial charge < -0.3 is 10.5 Å².